The van der Waals surface area contributed by atoms with E-state index >= 15 is 0 Å². The van der Waals surface area contributed by atoms with E-state index in [-0.39, 0.29) is 0 Å². The zero-order valence-electron chi connectivity index (χ0n) is 10.4. The van der Waals surface area contributed by atoms with E-state index in [2.05, 4.69) is 27.0 Å². The molecule has 0 bridgehead atoms. The molecule has 15 heavy (non-hydrogen) atoms. The van der Waals surface area contributed by atoms with Crippen molar-refractivity contribution in [2.45, 2.75) is 39.5 Å². The van der Waals surface area contributed by atoms with Crippen LogP contribution >= 0.6 is 0 Å². The van der Waals surface area contributed by atoms with Gasteiger partial charge in [-0.1, -0.05) is 38.8 Å². The molecule has 0 aromatic carbocycles. The Morgan fingerprint density at radius 2 is 1.33 bits per heavy atom. The Labute approximate surface area is 95.2 Å². The summed E-state index contributed by atoms with van der Waals surface area (Å²) in [5, 5.41) is 0. The summed E-state index contributed by atoms with van der Waals surface area (Å²) in [6.45, 7) is 13.7. The van der Waals surface area contributed by atoms with Crippen molar-refractivity contribution >= 4 is 0 Å². The van der Waals surface area contributed by atoms with Crippen LogP contribution < -0.4 is 0 Å². The van der Waals surface area contributed by atoms with Crippen molar-refractivity contribution in [3.8, 4) is 0 Å². The van der Waals surface area contributed by atoms with E-state index in [0.717, 1.165) is 26.1 Å². The minimum atomic E-state index is 0.642. The number of ether oxygens (including phenoxy) is 1. The van der Waals surface area contributed by atoms with Crippen molar-refractivity contribution in [2.75, 3.05) is 13.2 Å². The Morgan fingerprint density at radius 1 is 0.933 bits per heavy atom. The monoisotopic (exact) mass is 210 g/mol. The average Bonchev–Trinajstić information content (AvgIpc) is 2.26. The average molecular weight is 210 g/mol. The summed E-state index contributed by atoms with van der Waals surface area (Å²) in [6, 6.07) is 0. The van der Waals surface area contributed by atoms with Crippen molar-refractivity contribution < 1.29 is 4.74 Å². The molecule has 2 atom stereocenters. The van der Waals surface area contributed by atoms with Gasteiger partial charge in [-0.15, -0.1) is 13.2 Å². The SMILES string of the molecule is C=CCC(CC)COCC(CC)CC=C. The van der Waals surface area contributed by atoms with Gasteiger partial charge in [-0.05, 0) is 24.7 Å². The molecule has 2 unspecified atom stereocenters. The van der Waals surface area contributed by atoms with Gasteiger partial charge in [-0.25, -0.2) is 0 Å². The second-order valence-corrected chi connectivity index (χ2v) is 4.13. The maximum Gasteiger partial charge on any atom is 0.0497 e. The zero-order valence-corrected chi connectivity index (χ0v) is 10.4. The van der Waals surface area contributed by atoms with Crippen LogP contribution in [-0.4, -0.2) is 13.2 Å². The van der Waals surface area contributed by atoms with E-state index in [1.54, 1.807) is 0 Å². The molecule has 0 aliphatic heterocycles. The summed E-state index contributed by atoms with van der Waals surface area (Å²) in [7, 11) is 0. The Balaban J connectivity index is 3.63. The Bertz CT molecular complexity index is 145. The van der Waals surface area contributed by atoms with Crippen LogP contribution in [0.4, 0.5) is 0 Å². The van der Waals surface area contributed by atoms with Crippen LogP contribution in [0.15, 0.2) is 25.3 Å². The molecule has 0 saturated heterocycles. The molecule has 0 aliphatic carbocycles. The first-order valence-electron chi connectivity index (χ1n) is 6.07. The lowest BCUT2D eigenvalue weighted by Gasteiger charge is -2.17. The van der Waals surface area contributed by atoms with Crippen molar-refractivity contribution in [2.24, 2.45) is 11.8 Å². The highest BCUT2D eigenvalue weighted by atomic mass is 16.5. The van der Waals surface area contributed by atoms with Crippen LogP contribution in [0.3, 0.4) is 0 Å². The second-order valence-electron chi connectivity index (χ2n) is 4.13. The first kappa shape index (κ1) is 14.4. The van der Waals surface area contributed by atoms with E-state index in [1.165, 1.54) is 12.8 Å². The van der Waals surface area contributed by atoms with E-state index in [0.29, 0.717) is 11.8 Å². The van der Waals surface area contributed by atoms with Crippen molar-refractivity contribution in [3.05, 3.63) is 25.3 Å². The molecule has 0 aromatic heterocycles. The summed E-state index contributed by atoms with van der Waals surface area (Å²) in [6.07, 6.45) is 8.44. The smallest absolute Gasteiger partial charge is 0.0497 e. The van der Waals surface area contributed by atoms with Crippen molar-refractivity contribution in [3.63, 3.8) is 0 Å². The van der Waals surface area contributed by atoms with Crippen LogP contribution in [0, 0.1) is 11.8 Å². The molecule has 0 fully saturated rings. The van der Waals surface area contributed by atoms with E-state index < -0.39 is 0 Å². The third-order valence-corrected chi connectivity index (χ3v) is 2.86. The van der Waals surface area contributed by atoms with E-state index in [9.17, 15) is 0 Å². The fraction of sp³-hybridized carbons (Fsp3) is 0.714. The topological polar surface area (TPSA) is 9.23 Å². The van der Waals surface area contributed by atoms with Crippen LogP contribution in [0.25, 0.3) is 0 Å². The van der Waals surface area contributed by atoms with Gasteiger partial charge in [-0.2, -0.15) is 0 Å². The van der Waals surface area contributed by atoms with Crippen LogP contribution in [-0.2, 0) is 4.74 Å². The number of hydrogen-bond acceptors (Lipinski definition) is 1. The Hall–Kier alpha value is -0.560. The molecule has 0 N–H and O–H groups in total. The van der Waals surface area contributed by atoms with Gasteiger partial charge in [-0.3, -0.25) is 0 Å². The fourth-order valence-corrected chi connectivity index (χ4v) is 1.58. The molecule has 0 spiro atoms. The lowest BCUT2D eigenvalue weighted by Crippen LogP contribution is -2.13. The van der Waals surface area contributed by atoms with Gasteiger partial charge in [0.2, 0.25) is 0 Å². The maximum absolute atomic E-state index is 5.75. The van der Waals surface area contributed by atoms with Gasteiger partial charge >= 0.3 is 0 Å². The Kier molecular flexibility index (Phi) is 9.60. The highest BCUT2D eigenvalue weighted by Gasteiger charge is 2.07. The molecular weight excluding hydrogens is 184 g/mol. The molecule has 0 aliphatic rings. The Morgan fingerprint density at radius 3 is 1.60 bits per heavy atom. The van der Waals surface area contributed by atoms with Gasteiger partial charge in [0, 0.05) is 13.2 Å². The first-order valence-corrected chi connectivity index (χ1v) is 6.07. The largest absolute Gasteiger partial charge is 0.381 e. The first-order chi connectivity index (χ1) is 7.28. The standard InChI is InChI=1S/C14H26O/c1-5-9-13(7-3)11-15-12-14(8-4)10-6-2/h5-6,13-14H,1-2,7-12H2,3-4H3. The third kappa shape index (κ3) is 7.38. The fourth-order valence-electron chi connectivity index (χ4n) is 1.58. The van der Waals surface area contributed by atoms with Crippen LogP contribution in [0.2, 0.25) is 0 Å². The van der Waals surface area contributed by atoms with Gasteiger partial charge in [0.1, 0.15) is 0 Å². The molecule has 1 nitrogen and oxygen atoms in total. The summed E-state index contributed by atoms with van der Waals surface area (Å²) >= 11 is 0. The molecule has 0 aromatic rings. The summed E-state index contributed by atoms with van der Waals surface area (Å²) < 4.78 is 5.75. The zero-order chi connectivity index (χ0) is 11.5. The third-order valence-electron chi connectivity index (χ3n) is 2.86. The second kappa shape index (κ2) is 9.97. The predicted octanol–water partition coefficient (Wildman–Crippen LogP) is 4.21. The molecule has 0 rings (SSSR count). The summed E-state index contributed by atoms with van der Waals surface area (Å²) in [4.78, 5) is 0. The maximum atomic E-state index is 5.75. The lowest BCUT2D eigenvalue weighted by atomic mass is 10.0. The minimum absolute atomic E-state index is 0.642. The van der Waals surface area contributed by atoms with Crippen molar-refractivity contribution in [1.82, 2.24) is 0 Å². The molecule has 88 valence electrons. The predicted molar refractivity (Wildman–Crippen MR) is 68.0 cm³/mol. The van der Waals surface area contributed by atoms with Crippen molar-refractivity contribution in [1.29, 1.82) is 0 Å². The molecule has 1 heteroatoms. The number of allylic oxidation sites excluding steroid dienone is 2. The lowest BCUT2D eigenvalue weighted by molar-refractivity contribution is 0.0702. The van der Waals surface area contributed by atoms with Gasteiger partial charge in [0.25, 0.3) is 0 Å². The van der Waals surface area contributed by atoms with Crippen LogP contribution in [0.1, 0.15) is 39.5 Å². The summed E-state index contributed by atoms with van der Waals surface area (Å²) in [5.41, 5.74) is 0. The van der Waals surface area contributed by atoms with Gasteiger partial charge < -0.3 is 4.74 Å². The van der Waals surface area contributed by atoms with Gasteiger partial charge in [0.15, 0.2) is 0 Å². The number of hydrogen-bond donors (Lipinski definition) is 0. The highest BCUT2D eigenvalue weighted by molar-refractivity contribution is 4.74. The molecular formula is C14H26O. The number of rotatable bonds is 10. The minimum Gasteiger partial charge on any atom is -0.381 e. The van der Waals surface area contributed by atoms with E-state index in [4.69, 9.17) is 4.74 Å². The molecule has 0 heterocycles. The molecule has 0 saturated carbocycles. The molecule has 0 radical (unpaired) electrons. The van der Waals surface area contributed by atoms with Crippen LogP contribution in [0.5, 0.6) is 0 Å². The van der Waals surface area contributed by atoms with Gasteiger partial charge in [0.05, 0.1) is 0 Å². The van der Waals surface area contributed by atoms with E-state index in [1.807, 2.05) is 12.2 Å². The summed E-state index contributed by atoms with van der Waals surface area (Å²) in [5.74, 6) is 1.28. The normalized spacial score (nSPS) is 14.5. The highest BCUT2D eigenvalue weighted by Crippen LogP contribution is 2.13. The molecule has 0 amide bonds. The quantitative estimate of drug-likeness (QED) is 0.491.